The largest absolute Gasteiger partial charge is 0.481 e. The number of hydrogen-bond acceptors (Lipinski definition) is 4. The van der Waals surface area contributed by atoms with Crippen LogP contribution < -0.4 is 10.6 Å². The first-order valence-corrected chi connectivity index (χ1v) is 11.3. The van der Waals surface area contributed by atoms with Crippen molar-refractivity contribution < 1.29 is 24.2 Å². The number of hydrogen-bond donors (Lipinski definition) is 3. The van der Waals surface area contributed by atoms with Crippen LogP contribution in [0.5, 0.6) is 0 Å². The maximum atomic E-state index is 12.5. The zero-order chi connectivity index (χ0) is 24.0. The first-order valence-electron chi connectivity index (χ1n) is 11.3. The predicted octanol–water partition coefficient (Wildman–Crippen LogP) is 4.31. The van der Waals surface area contributed by atoms with E-state index in [1.54, 1.807) is 20.8 Å². The molecule has 7 nitrogen and oxygen atoms in total. The average molecular weight is 453 g/mol. The molecule has 0 aromatic heterocycles. The van der Waals surface area contributed by atoms with Gasteiger partial charge in [0.05, 0.1) is 0 Å². The number of fused-ring (bicyclic) bond motifs is 3. The number of carbonyl (C=O) groups is 3. The quantitative estimate of drug-likeness (QED) is 0.498. The Morgan fingerprint density at radius 3 is 2.18 bits per heavy atom. The fraction of sp³-hybridized carbons (Fsp3) is 0.423. The lowest BCUT2D eigenvalue weighted by Gasteiger charge is -2.26. The maximum Gasteiger partial charge on any atom is 0.407 e. The molecule has 0 saturated heterocycles. The Morgan fingerprint density at radius 1 is 1.03 bits per heavy atom. The number of rotatable bonds is 10. The predicted molar refractivity (Wildman–Crippen MR) is 126 cm³/mol. The van der Waals surface area contributed by atoms with E-state index < -0.39 is 17.5 Å². The second kappa shape index (κ2) is 10.5. The minimum absolute atomic E-state index is 0.00217. The average Bonchev–Trinajstić information content (AvgIpc) is 3.10. The third-order valence-corrected chi connectivity index (χ3v) is 6.15. The Labute approximate surface area is 194 Å². The minimum atomic E-state index is -0.886. The summed E-state index contributed by atoms with van der Waals surface area (Å²) in [5, 5.41) is 14.4. The molecule has 1 unspecified atom stereocenters. The normalized spacial score (nSPS) is 13.5. The molecule has 2 aromatic rings. The maximum absolute atomic E-state index is 12.5. The van der Waals surface area contributed by atoms with Crippen LogP contribution in [0.3, 0.4) is 0 Å². The van der Waals surface area contributed by atoms with Gasteiger partial charge in [0.2, 0.25) is 5.91 Å². The molecule has 2 aromatic carbocycles. The Balaban J connectivity index is 1.46. The van der Waals surface area contributed by atoms with Crippen molar-refractivity contribution in [3.63, 3.8) is 0 Å². The number of carbonyl (C=O) groups excluding carboxylic acids is 2. The molecule has 2 amide bonds. The van der Waals surface area contributed by atoms with Crippen molar-refractivity contribution >= 4 is 18.0 Å². The number of alkyl carbamates (subject to hydrolysis) is 1. The third-order valence-electron chi connectivity index (χ3n) is 6.15. The summed E-state index contributed by atoms with van der Waals surface area (Å²) in [7, 11) is 0. The highest BCUT2D eigenvalue weighted by Gasteiger charge is 2.30. The summed E-state index contributed by atoms with van der Waals surface area (Å²) in [6.07, 6.45) is 0.289. The van der Waals surface area contributed by atoms with Crippen LogP contribution >= 0.6 is 0 Å². The van der Waals surface area contributed by atoms with E-state index in [4.69, 9.17) is 9.84 Å². The lowest BCUT2D eigenvalue weighted by Crippen LogP contribution is -2.43. The highest BCUT2D eigenvalue weighted by Crippen LogP contribution is 2.44. The first kappa shape index (κ1) is 24.3. The van der Waals surface area contributed by atoms with Gasteiger partial charge in [0.25, 0.3) is 0 Å². The molecule has 0 aliphatic heterocycles. The molecule has 3 rings (SSSR count). The highest BCUT2D eigenvalue weighted by atomic mass is 16.5. The van der Waals surface area contributed by atoms with E-state index in [9.17, 15) is 14.4 Å². The molecule has 7 heteroatoms. The van der Waals surface area contributed by atoms with E-state index in [1.165, 1.54) is 11.1 Å². The number of carboxylic acids is 1. The molecule has 33 heavy (non-hydrogen) atoms. The van der Waals surface area contributed by atoms with Crippen LogP contribution in [0.25, 0.3) is 11.1 Å². The number of amides is 2. The highest BCUT2D eigenvalue weighted by molar-refractivity contribution is 5.82. The monoisotopic (exact) mass is 452 g/mol. The second-order valence-corrected chi connectivity index (χ2v) is 9.19. The summed E-state index contributed by atoms with van der Waals surface area (Å²) in [6.45, 7) is 5.91. The molecule has 0 radical (unpaired) electrons. The van der Waals surface area contributed by atoms with Gasteiger partial charge in [0.15, 0.2) is 0 Å². The van der Waals surface area contributed by atoms with Crippen LogP contribution in [0, 0.1) is 5.41 Å². The Morgan fingerprint density at radius 2 is 1.61 bits per heavy atom. The van der Waals surface area contributed by atoms with E-state index >= 15 is 0 Å². The molecular weight excluding hydrogens is 420 g/mol. The van der Waals surface area contributed by atoms with Crippen molar-refractivity contribution in [1.29, 1.82) is 0 Å². The van der Waals surface area contributed by atoms with E-state index in [0.29, 0.717) is 19.4 Å². The van der Waals surface area contributed by atoms with Gasteiger partial charge in [-0.3, -0.25) is 9.59 Å². The van der Waals surface area contributed by atoms with E-state index in [0.717, 1.165) is 11.1 Å². The van der Waals surface area contributed by atoms with Crippen molar-refractivity contribution in [3.05, 3.63) is 59.7 Å². The minimum Gasteiger partial charge on any atom is -0.481 e. The number of aliphatic carboxylic acids is 1. The van der Waals surface area contributed by atoms with Crippen LogP contribution in [0.2, 0.25) is 0 Å². The summed E-state index contributed by atoms with van der Waals surface area (Å²) in [4.78, 5) is 35.5. The lowest BCUT2D eigenvalue weighted by molar-refractivity contribution is -0.137. The molecule has 1 atom stereocenters. The zero-order valence-corrected chi connectivity index (χ0v) is 19.4. The van der Waals surface area contributed by atoms with Crippen molar-refractivity contribution in [3.8, 4) is 11.1 Å². The molecule has 0 spiro atoms. The van der Waals surface area contributed by atoms with Crippen LogP contribution in [-0.4, -0.2) is 42.3 Å². The number of nitrogens with one attached hydrogen (secondary N) is 2. The van der Waals surface area contributed by atoms with E-state index in [1.807, 2.05) is 24.3 Å². The number of ether oxygens (including phenoxy) is 1. The van der Waals surface area contributed by atoms with Gasteiger partial charge in [0.1, 0.15) is 6.61 Å². The van der Waals surface area contributed by atoms with Gasteiger partial charge in [-0.1, -0.05) is 62.4 Å². The summed E-state index contributed by atoms with van der Waals surface area (Å²) in [6, 6.07) is 16.1. The molecule has 1 aliphatic carbocycles. The number of carboxylic acid groups (broad SMARTS) is 1. The molecular formula is C26H32N2O5. The van der Waals surface area contributed by atoms with Gasteiger partial charge in [-0.05, 0) is 42.0 Å². The van der Waals surface area contributed by atoms with Gasteiger partial charge in [-0.25, -0.2) is 4.79 Å². The first-order chi connectivity index (χ1) is 15.7. The summed E-state index contributed by atoms with van der Waals surface area (Å²) < 4.78 is 5.53. The van der Waals surface area contributed by atoms with Crippen LogP contribution in [0.1, 0.15) is 57.1 Å². The van der Waals surface area contributed by atoms with Gasteiger partial charge in [-0.2, -0.15) is 0 Å². The topological polar surface area (TPSA) is 105 Å². The molecule has 0 saturated carbocycles. The fourth-order valence-corrected chi connectivity index (χ4v) is 4.07. The van der Waals surface area contributed by atoms with Gasteiger partial charge < -0.3 is 20.5 Å². The lowest BCUT2D eigenvalue weighted by atomic mass is 9.88. The van der Waals surface area contributed by atoms with Crippen LogP contribution in [-0.2, 0) is 14.3 Å². The standard InChI is InChI=1S/C26H32N2O5/c1-17(12-13-23(29)30)28-24(31)26(2,3)14-15-27-25(32)33-16-22-20-10-6-4-8-18(20)19-9-5-7-11-21(19)22/h4-11,17,22H,12-16H2,1-3H3,(H,27,32)(H,28,31)(H,29,30). The van der Waals surface area contributed by atoms with Crippen molar-refractivity contribution in [2.24, 2.45) is 5.41 Å². The zero-order valence-electron chi connectivity index (χ0n) is 19.4. The third kappa shape index (κ3) is 6.12. The van der Waals surface area contributed by atoms with Crippen molar-refractivity contribution in [2.75, 3.05) is 13.2 Å². The summed E-state index contributed by atoms with van der Waals surface area (Å²) >= 11 is 0. The van der Waals surface area contributed by atoms with Crippen LogP contribution in [0.4, 0.5) is 4.79 Å². The molecule has 0 bridgehead atoms. The summed E-state index contributed by atoms with van der Waals surface area (Å²) in [5.74, 6) is -1.06. The van der Waals surface area contributed by atoms with E-state index in [2.05, 4.69) is 34.9 Å². The SMILES string of the molecule is CC(CCC(=O)O)NC(=O)C(C)(C)CCNC(=O)OCC1c2ccccc2-c2ccccc21. The fourth-order valence-electron chi connectivity index (χ4n) is 4.07. The molecule has 1 aliphatic rings. The van der Waals surface area contributed by atoms with Crippen LogP contribution in [0.15, 0.2) is 48.5 Å². The Kier molecular flexibility index (Phi) is 7.74. The Hall–Kier alpha value is -3.35. The van der Waals surface area contributed by atoms with Crippen molar-refractivity contribution in [1.82, 2.24) is 10.6 Å². The Bertz CT molecular complexity index is 972. The smallest absolute Gasteiger partial charge is 0.407 e. The molecule has 0 heterocycles. The van der Waals surface area contributed by atoms with Gasteiger partial charge in [-0.15, -0.1) is 0 Å². The second-order valence-electron chi connectivity index (χ2n) is 9.19. The van der Waals surface area contributed by atoms with Gasteiger partial charge in [0, 0.05) is 30.3 Å². The molecule has 3 N–H and O–H groups in total. The molecule has 176 valence electrons. The van der Waals surface area contributed by atoms with Gasteiger partial charge >= 0.3 is 12.1 Å². The van der Waals surface area contributed by atoms with E-state index in [-0.39, 0.29) is 30.9 Å². The number of benzene rings is 2. The summed E-state index contributed by atoms with van der Waals surface area (Å²) in [5.41, 5.74) is 3.94. The van der Waals surface area contributed by atoms with Crippen molar-refractivity contribution in [2.45, 2.75) is 52.0 Å². The molecule has 0 fully saturated rings.